The molecule has 10 heteroatoms. The zero-order chi connectivity index (χ0) is 19.6. The summed E-state index contributed by atoms with van der Waals surface area (Å²) in [6.45, 7) is 3.67. The lowest BCUT2D eigenvalue weighted by atomic mass is 10.2. The summed E-state index contributed by atoms with van der Waals surface area (Å²) < 4.78 is 2.96. The predicted octanol–water partition coefficient (Wildman–Crippen LogP) is 3.20. The number of anilines is 1. The van der Waals surface area contributed by atoms with Crippen molar-refractivity contribution >= 4 is 29.0 Å². The van der Waals surface area contributed by atoms with Gasteiger partial charge in [-0.2, -0.15) is 10.2 Å². The van der Waals surface area contributed by atoms with Gasteiger partial charge in [0.05, 0.1) is 11.5 Å². The van der Waals surface area contributed by atoms with Crippen LogP contribution in [0.15, 0.2) is 42.7 Å². The van der Waals surface area contributed by atoms with Gasteiger partial charge in [0.15, 0.2) is 5.82 Å². The molecular formula is C17H17ClN6O3. The van der Waals surface area contributed by atoms with Crippen molar-refractivity contribution in [2.24, 2.45) is 0 Å². The van der Waals surface area contributed by atoms with Crippen LogP contribution < -0.4 is 5.32 Å². The first-order chi connectivity index (χ1) is 12.8. The third-order valence-corrected chi connectivity index (χ3v) is 4.27. The number of nitro groups is 1. The van der Waals surface area contributed by atoms with E-state index < -0.39 is 11.0 Å². The Morgan fingerprint density at radius 1 is 1.30 bits per heavy atom. The van der Waals surface area contributed by atoms with Crippen LogP contribution in [0.3, 0.4) is 0 Å². The van der Waals surface area contributed by atoms with Crippen LogP contribution in [0.1, 0.15) is 24.2 Å². The van der Waals surface area contributed by atoms with Gasteiger partial charge in [-0.3, -0.25) is 24.3 Å². The quantitative estimate of drug-likeness (QED) is 0.515. The molecule has 1 atom stereocenters. The van der Waals surface area contributed by atoms with Crippen molar-refractivity contribution < 1.29 is 9.72 Å². The minimum atomic E-state index is -0.723. The number of aromatic nitrogens is 4. The van der Waals surface area contributed by atoms with E-state index in [9.17, 15) is 14.9 Å². The summed E-state index contributed by atoms with van der Waals surface area (Å²) in [6.07, 6.45) is 3.00. The largest absolute Gasteiger partial charge is 0.309 e. The SMILES string of the molecule is Cc1nn(C(C)C(=O)Nc2ccn(Cc3ccc(Cl)cc3)n2)cc1[N+](=O)[O-]. The summed E-state index contributed by atoms with van der Waals surface area (Å²) in [4.78, 5) is 22.8. The fourth-order valence-electron chi connectivity index (χ4n) is 2.49. The normalized spacial score (nSPS) is 12.0. The Hall–Kier alpha value is -3.20. The first kappa shape index (κ1) is 18.6. The van der Waals surface area contributed by atoms with Crippen molar-refractivity contribution in [1.82, 2.24) is 19.6 Å². The van der Waals surface area contributed by atoms with Gasteiger partial charge in [0.2, 0.25) is 5.91 Å². The number of carbonyl (C=O) groups excluding carboxylic acids is 1. The average Bonchev–Trinajstić information content (AvgIpc) is 3.22. The van der Waals surface area contributed by atoms with E-state index in [1.165, 1.54) is 17.8 Å². The standard InChI is InChI=1S/C17H17ClN6O3/c1-11-15(24(26)27)10-23(20-11)12(2)17(25)19-16-7-8-22(21-16)9-13-3-5-14(18)6-4-13/h3-8,10,12H,9H2,1-2H3,(H,19,21,25). The number of nitrogens with zero attached hydrogens (tertiary/aromatic N) is 5. The van der Waals surface area contributed by atoms with E-state index in [4.69, 9.17) is 11.6 Å². The third-order valence-electron chi connectivity index (χ3n) is 4.01. The zero-order valence-electron chi connectivity index (χ0n) is 14.7. The van der Waals surface area contributed by atoms with Gasteiger partial charge >= 0.3 is 5.69 Å². The minimum absolute atomic E-state index is 0.123. The monoisotopic (exact) mass is 388 g/mol. The molecule has 1 aromatic carbocycles. The number of hydrogen-bond acceptors (Lipinski definition) is 5. The topological polar surface area (TPSA) is 108 Å². The van der Waals surface area contributed by atoms with Crippen molar-refractivity contribution in [3.63, 3.8) is 0 Å². The third kappa shape index (κ3) is 4.32. The summed E-state index contributed by atoms with van der Waals surface area (Å²) in [6, 6.07) is 8.36. The van der Waals surface area contributed by atoms with E-state index in [0.717, 1.165) is 5.56 Å². The molecule has 1 amide bonds. The van der Waals surface area contributed by atoms with Crippen LogP contribution in [0.4, 0.5) is 11.5 Å². The number of nitrogens with one attached hydrogen (secondary N) is 1. The molecule has 0 radical (unpaired) electrons. The number of benzene rings is 1. The lowest BCUT2D eigenvalue weighted by molar-refractivity contribution is -0.385. The molecule has 0 aliphatic heterocycles. The molecule has 1 N–H and O–H groups in total. The van der Waals surface area contributed by atoms with Crippen LogP contribution in [-0.4, -0.2) is 30.4 Å². The minimum Gasteiger partial charge on any atom is -0.307 e. The summed E-state index contributed by atoms with van der Waals surface area (Å²) in [5.74, 6) is 0.0170. The maximum atomic E-state index is 12.4. The van der Waals surface area contributed by atoms with Crippen LogP contribution >= 0.6 is 11.6 Å². The molecule has 140 valence electrons. The Bertz CT molecular complexity index is 979. The van der Waals surface area contributed by atoms with Crippen LogP contribution in [0, 0.1) is 17.0 Å². The van der Waals surface area contributed by atoms with E-state index in [2.05, 4.69) is 15.5 Å². The lowest BCUT2D eigenvalue weighted by Gasteiger charge is -2.10. The summed E-state index contributed by atoms with van der Waals surface area (Å²) in [7, 11) is 0. The van der Waals surface area contributed by atoms with Crippen LogP contribution in [-0.2, 0) is 11.3 Å². The molecule has 3 aromatic rings. The predicted molar refractivity (Wildman–Crippen MR) is 99.7 cm³/mol. The van der Waals surface area contributed by atoms with Gasteiger partial charge in [-0.1, -0.05) is 23.7 Å². The Morgan fingerprint density at radius 2 is 2.00 bits per heavy atom. The first-order valence-corrected chi connectivity index (χ1v) is 8.50. The molecule has 3 rings (SSSR count). The molecule has 9 nitrogen and oxygen atoms in total. The summed E-state index contributed by atoms with van der Waals surface area (Å²) in [5.41, 5.74) is 1.15. The van der Waals surface area contributed by atoms with Crippen molar-refractivity contribution in [3.05, 3.63) is 69.1 Å². The second-order valence-electron chi connectivity index (χ2n) is 6.03. The Balaban J connectivity index is 1.65. The van der Waals surface area contributed by atoms with Crippen LogP contribution in [0.2, 0.25) is 5.02 Å². The van der Waals surface area contributed by atoms with Crippen molar-refractivity contribution in [3.8, 4) is 0 Å². The molecule has 0 saturated heterocycles. The number of rotatable bonds is 6. The molecule has 0 fully saturated rings. The second-order valence-corrected chi connectivity index (χ2v) is 6.46. The van der Waals surface area contributed by atoms with Crippen molar-refractivity contribution in [2.75, 3.05) is 5.32 Å². The molecular weight excluding hydrogens is 372 g/mol. The maximum Gasteiger partial charge on any atom is 0.309 e. The molecule has 2 heterocycles. The van der Waals surface area contributed by atoms with Gasteiger partial charge in [-0.05, 0) is 31.5 Å². The highest BCUT2D eigenvalue weighted by Crippen LogP contribution is 2.19. The average molecular weight is 389 g/mol. The molecule has 0 saturated carbocycles. The van der Waals surface area contributed by atoms with E-state index in [1.807, 2.05) is 12.1 Å². The number of carbonyl (C=O) groups is 1. The molecule has 1 unspecified atom stereocenters. The highest BCUT2D eigenvalue weighted by atomic mass is 35.5. The fraction of sp³-hybridized carbons (Fsp3) is 0.235. The zero-order valence-corrected chi connectivity index (χ0v) is 15.4. The van der Waals surface area contributed by atoms with Gasteiger partial charge in [-0.15, -0.1) is 0 Å². The number of halogens is 1. The van der Waals surface area contributed by atoms with Crippen molar-refractivity contribution in [2.45, 2.75) is 26.4 Å². The Labute approximate surface area is 159 Å². The van der Waals surface area contributed by atoms with Gasteiger partial charge in [0.25, 0.3) is 0 Å². The van der Waals surface area contributed by atoms with E-state index in [0.29, 0.717) is 17.4 Å². The molecule has 0 aliphatic rings. The number of amides is 1. The van der Waals surface area contributed by atoms with Crippen LogP contribution in [0.5, 0.6) is 0 Å². The lowest BCUT2D eigenvalue weighted by Crippen LogP contribution is -2.24. The van der Waals surface area contributed by atoms with E-state index in [-0.39, 0.29) is 17.3 Å². The maximum absolute atomic E-state index is 12.4. The van der Waals surface area contributed by atoms with Crippen molar-refractivity contribution in [1.29, 1.82) is 0 Å². The van der Waals surface area contributed by atoms with Gasteiger partial charge in [0, 0.05) is 17.3 Å². The fourth-order valence-corrected chi connectivity index (χ4v) is 2.62. The molecule has 2 aromatic heterocycles. The molecule has 27 heavy (non-hydrogen) atoms. The second kappa shape index (κ2) is 7.58. The molecule has 0 aliphatic carbocycles. The van der Waals surface area contributed by atoms with Gasteiger partial charge < -0.3 is 5.32 Å². The molecule has 0 spiro atoms. The Morgan fingerprint density at radius 3 is 2.63 bits per heavy atom. The highest BCUT2D eigenvalue weighted by molar-refractivity contribution is 6.30. The molecule has 0 bridgehead atoms. The van der Waals surface area contributed by atoms with Gasteiger partial charge in [-0.25, -0.2) is 0 Å². The van der Waals surface area contributed by atoms with Crippen LogP contribution in [0.25, 0.3) is 0 Å². The summed E-state index contributed by atoms with van der Waals surface area (Å²) in [5, 5.41) is 22.6. The first-order valence-electron chi connectivity index (χ1n) is 8.12. The smallest absolute Gasteiger partial charge is 0.307 e. The van der Waals surface area contributed by atoms with E-state index >= 15 is 0 Å². The van der Waals surface area contributed by atoms with Gasteiger partial charge in [0.1, 0.15) is 17.9 Å². The number of aryl methyl sites for hydroxylation is 1. The summed E-state index contributed by atoms with van der Waals surface area (Å²) >= 11 is 5.87. The Kier molecular flexibility index (Phi) is 5.22. The highest BCUT2D eigenvalue weighted by Gasteiger charge is 2.22. The number of hydrogen-bond donors (Lipinski definition) is 1. The van der Waals surface area contributed by atoms with E-state index in [1.54, 1.807) is 36.0 Å².